The maximum atomic E-state index is 12.1. The highest BCUT2D eigenvalue weighted by Crippen LogP contribution is 2.27. The molecule has 0 bridgehead atoms. The third-order valence-corrected chi connectivity index (χ3v) is 3.62. The van der Waals surface area contributed by atoms with Crippen molar-refractivity contribution in [3.63, 3.8) is 0 Å². The minimum Gasteiger partial charge on any atom is -0.496 e. The Morgan fingerprint density at radius 3 is 2.74 bits per heavy atom. The van der Waals surface area contributed by atoms with Gasteiger partial charge in [0.15, 0.2) is 0 Å². The molecule has 6 heteroatoms. The summed E-state index contributed by atoms with van der Waals surface area (Å²) in [6, 6.07) is 12.8. The Bertz CT molecular complexity index is 827. The molecule has 0 aliphatic carbocycles. The second-order valence-corrected chi connectivity index (χ2v) is 5.14. The van der Waals surface area contributed by atoms with Crippen LogP contribution in [0.1, 0.15) is 5.56 Å². The summed E-state index contributed by atoms with van der Waals surface area (Å²) in [6.07, 6.45) is 1.75. The van der Waals surface area contributed by atoms with Crippen LogP contribution in [0.15, 0.2) is 48.8 Å². The monoisotopic (exact) mass is 310 g/mol. The molecule has 0 unspecified atom stereocenters. The maximum absolute atomic E-state index is 12.1. The first-order valence-electron chi connectivity index (χ1n) is 7.26. The molecule has 0 aliphatic heterocycles. The van der Waals surface area contributed by atoms with E-state index < -0.39 is 0 Å². The molecular formula is C17H18N4O2. The lowest BCUT2D eigenvalue weighted by Crippen LogP contribution is -2.28. The average molecular weight is 310 g/mol. The van der Waals surface area contributed by atoms with E-state index in [2.05, 4.69) is 15.6 Å². The molecule has 3 aromatic rings. The molecule has 0 saturated heterocycles. The van der Waals surface area contributed by atoms with Crippen molar-refractivity contribution in [3.8, 4) is 5.75 Å². The quantitative estimate of drug-likeness (QED) is 0.778. The molecule has 1 heterocycles. The fraction of sp³-hybridized carbons (Fsp3) is 0.176. The summed E-state index contributed by atoms with van der Waals surface area (Å²) in [4.78, 5) is 16.4. The van der Waals surface area contributed by atoms with Crippen molar-refractivity contribution >= 4 is 22.8 Å². The highest BCUT2D eigenvalue weighted by Gasteiger charge is 2.13. The van der Waals surface area contributed by atoms with E-state index in [1.807, 2.05) is 54.1 Å². The van der Waals surface area contributed by atoms with Crippen LogP contribution in [0, 0.1) is 0 Å². The van der Waals surface area contributed by atoms with Crippen LogP contribution in [0.4, 0.5) is 10.5 Å². The third kappa shape index (κ3) is 3.11. The number of amides is 2. The van der Waals surface area contributed by atoms with Crippen molar-refractivity contribution in [3.05, 3.63) is 54.4 Å². The summed E-state index contributed by atoms with van der Waals surface area (Å²) in [6.45, 7) is 0.346. The number of benzene rings is 2. The minimum atomic E-state index is -0.266. The van der Waals surface area contributed by atoms with Gasteiger partial charge >= 0.3 is 6.03 Å². The number of anilines is 1. The summed E-state index contributed by atoms with van der Waals surface area (Å²) >= 11 is 0. The second-order valence-electron chi connectivity index (χ2n) is 5.14. The first-order valence-corrected chi connectivity index (χ1v) is 7.26. The van der Waals surface area contributed by atoms with Gasteiger partial charge in [0, 0.05) is 18.3 Å². The molecule has 0 atom stereocenters. The van der Waals surface area contributed by atoms with Crippen LogP contribution in [0.5, 0.6) is 5.75 Å². The van der Waals surface area contributed by atoms with Gasteiger partial charge in [0.05, 0.1) is 31.0 Å². The van der Waals surface area contributed by atoms with E-state index in [1.165, 1.54) is 0 Å². The van der Waals surface area contributed by atoms with Crippen LogP contribution in [-0.4, -0.2) is 22.7 Å². The molecule has 0 saturated carbocycles. The van der Waals surface area contributed by atoms with Gasteiger partial charge < -0.3 is 19.9 Å². The summed E-state index contributed by atoms with van der Waals surface area (Å²) in [5, 5.41) is 5.65. The van der Waals surface area contributed by atoms with Gasteiger partial charge in [0.2, 0.25) is 0 Å². The number of urea groups is 1. The Morgan fingerprint density at radius 2 is 2.00 bits per heavy atom. The van der Waals surface area contributed by atoms with Crippen LogP contribution in [0.2, 0.25) is 0 Å². The first kappa shape index (κ1) is 14.9. The van der Waals surface area contributed by atoms with Crippen molar-refractivity contribution < 1.29 is 9.53 Å². The SMILES string of the molecule is COc1ccc2ncn(C)c2c1CNC(=O)Nc1ccccc1. The number of ether oxygens (including phenoxy) is 1. The number of aryl methyl sites for hydroxylation is 1. The minimum absolute atomic E-state index is 0.266. The number of methoxy groups -OCH3 is 1. The predicted molar refractivity (Wildman–Crippen MR) is 89.6 cm³/mol. The lowest BCUT2D eigenvalue weighted by atomic mass is 10.1. The van der Waals surface area contributed by atoms with E-state index >= 15 is 0 Å². The Labute approximate surface area is 134 Å². The number of rotatable bonds is 4. The lowest BCUT2D eigenvalue weighted by Gasteiger charge is -2.12. The van der Waals surface area contributed by atoms with Gasteiger partial charge in [0.1, 0.15) is 5.75 Å². The summed E-state index contributed by atoms with van der Waals surface area (Å²) in [5.41, 5.74) is 3.46. The Kier molecular flexibility index (Phi) is 4.14. The highest BCUT2D eigenvalue weighted by atomic mass is 16.5. The third-order valence-electron chi connectivity index (χ3n) is 3.62. The van der Waals surface area contributed by atoms with E-state index in [1.54, 1.807) is 13.4 Å². The molecule has 118 valence electrons. The van der Waals surface area contributed by atoms with Crippen LogP contribution < -0.4 is 15.4 Å². The van der Waals surface area contributed by atoms with Gasteiger partial charge in [-0.1, -0.05) is 18.2 Å². The molecular weight excluding hydrogens is 292 g/mol. The van der Waals surface area contributed by atoms with Crippen molar-refractivity contribution in [2.24, 2.45) is 7.05 Å². The van der Waals surface area contributed by atoms with Gasteiger partial charge in [-0.25, -0.2) is 9.78 Å². The number of para-hydroxylation sites is 1. The lowest BCUT2D eigenvalue weighted by molar-refractivity contribution is 0.251. The Morgan fingerprint density at radius 1 is 1.22 bits per heavy atom. The fourth-order valence-corrected chi connectivity index (χ4v) is 2.54. The molecule has 2 amide bonds. The number of carbonyl (C=O) groups excluding carboxylic acids is 1. The summed E-state index contributed by atoms with van der Waals surface area (Å²) < 4.78 is 7.34. The van der Waals surface area contributed by atoms with Crippen LogP contribution in [0.25, 0.3) is 11.0 Å². The smallest absolute Gasteiger partial charge is 0.319 e. The number of nitrogens with one attached hydrogen (secondary N) is 2. The number of fused-ring (bicyclic) bond motifs is 1. The molecule has 3 rings (SSSR count). The number of carbonyl (C=O) groups is 1. The van der Waals surface area contributed by atoms with Gasteiger partial charge in [-0.2, -0.15) is 0 Å². The zero-order valence-electron chi connectivity index (χ0n) is 13.0. The highest BCUT2D eigenvalue weighted by molar-refractivity contribution is 5.89. The van der Waals surface area contributed by atoms with Crippen molar-refractivity contribution in [2.75, 3.05) is 12.4 Å². The molecule has 1 aromatic heterocycles. The molecule has 23 heavy (non-hydrogen) atoms. The van der Waals surface area contributed by atoms with E-state index in [-0.39, 0.29) is 6.03 Å². The molecule has 2 N–H and O–H groups in total. The number of hydrogen-bond acceptors (Lipinski definition) is 3. The summed E-state index contributed by atoms with van der Waals surface area (Å²) in [7, 11) is 3.54. The van der Waals surface area contributed by atoms with Crippen LogP contribution >= 0.6 is 0 Å². The van der Waals surface area contributed by atoms with Gasteiger partial charge in [-0.15, -0.1) is 0 Å². The van der Waals surface area contributed by atoms with Gasteiger partial charge in [-0.3, -0.25) is 0 Å². The van der Waals surface area contributed by atoms with E-state index in [9.17, 15) is 4.79 Å². The van der Waals surface area contributed by atoms with Crippen molar-refractivity contribution in [1.82, 2.24) is 14.9 Å². The standard InChI is InChI=1S/C17H18N4O2/c1-21-11-19-14-8-9-15(23-2)13(16(14)21)10-18-17(22)20-12-6-4-3-5-7-12/h3-9,11H,10H2,1-2H3,(H2,18,20,22). The molecule has 0 aliphatic rings. The predicted octanol–water partition coefficient (Wildman–Crippen LogP) is 2.90. The normalized spacial score (nSPS) is 10.5. The maximum Gasteiger partial charge on any atom is 0.319 e. The number of hydrogen-bond donors (Lipinski definition) is 2. The van der Waals surface area contributed by atoms with Crippen LogP contribution in [0.3, 0.4) is 0 Å². The van der Waals surface area contributed by atoms with E-state index in [0.717, 1.165) is 28.0 Å². The summed E-state index contributed by atoms with van der Waals surface area (Å²) in [5.74, 6) is 0.723. The topological polar surface area (TPSA) is 68.2 Å². The average Bonchev–Trinajstić information content (AvgIpc) is 2.95. The Balaban J connectivity index is 1.78. The van der Waals surface area contributed by atoms with Gasteiger partial charge in [-0.05, 0) is 24.3 Å². The first-order chi connectivity index (χ1) is 11.2. The zero-order chi connectivity index (χ0) is 16.2. The van der Waals surface area contributed by atoms with Crippen molar-refractivity contribution in [1.29, 1.82) is 0 Å². The molecule has 0 radical (unpaired) electrons. The Hall–Kier alpha value is -3.02. The molecule has 6 nitrogen and oxygen atoms in total. The second kappa shape index (κ2) is 6.39. The van der Waals surface area contributed by atoms with Crippen LogP contribution in [-0.2, 0) is 13.6 Å². The van der Waals surface area contributed by atoms with E-state index in [4.69, 9.17) is 4.74 Å². The molecule has 0 fully saturated rings. The molecule has 0 spiro atoms. The number of imidazole rings is 1. The molecule has 2 aromatic carbocycles. The fourth-order valence-electron chi connectivity index (χ4n) is 2.54. The largest absolute Gasteiger partial charge is 0.496 e. The zero-order valence-corrected chi connectivity index (χ0v) is 13.0. The van der Waals surface area contributed by atoms with Crippen molar-refractivity contribution in [2.45, 2.75) is 6.54 Å². The number of aromatic nitrogens is 2. The number of nitrogens with zero attached hydrogens (tertiary/aromatic N) is 2. The van der Waals surface area contributed by atoms with Gasteiger partial charge in [0.25, 0.3) is 0 Å². The van der Waals surface area contributed by atoms with E-state index in [0.29, 0.717) is 6.54 Å².